The fourth-order valence-electron chi connectivity index (χ4n) is 4.70. The molecule has 10 atom stereocenters. The lowest BCUT2D eigenvalue weighted by molar-refractivity contribution is -0.318. The van der Waals surface area contributed by atoms with Crippen LogP contribution in [-0.2, 0) is 14.2 Å². The number of hydrogen-bond donors (Lipinski definition) is 8. The second-order valence-electron chi connectivity index (χ2n) is 10.00. The number of phenolic OH excluding ortho intramolecular Hbond substituents is 2. The highest BCUT2D eigenvalue weighted by molar-refractivity contribution is 6.16. The summed E-state index contributed by atoms with van der Waals surface area (Å²) in [6.07, 6.45) is -13.7. The number of ketones is 1. The second-order valence-corrected chi connectivity index (χ2v) is 10.00. The van der Waals surface area contributed by atoms with Gasteiger partial charge in [0.2, 0.25) is 12.1 Å². The zero-order valence-corrected chi connectivity index (χ0v) is 21.5. The lowest BCUT2D eigenvalue weighted by Gasteiger charge is -2.42. The first-order chi connectivity index (χ1) is 19.4. The maximum Gasteiger partial charge on any atom is 0.235 e. The van der Waals surface area contributed by atoms with Crippen LogP contribution in [0.1, 0.15) is 22.8 Å². The Morgan fingerprint density at radius 1 is 0.805 bits per heavy atom. The smallest absolute Gasteiger partial charge is 0.235 e. The summed E-state index contributed by atoms with van der Waals surface area (Å²) in [5, 5.41) is 81.2. The van der Waals surface area contributed by atoms with Crippen LogP contribution in [0.3, 0.4) is 0 Å². The summed E-state index contributed by atoms with van der Waals surface area (Å²) < 4.78 is 27.8. The van der Waals surface area contributed by atoms with Crippen molar-refractivity contribution in [3.05, 3.63) is 53.3 Å². The van der Waals surface area contributed by atoms with Crippen molar-refractivity contribution in [2.24, 2.45) is 0 Å². The van der Waals surface area contributed by atoms with Crippen molar-refractivity contribution in [1.82, 2.24) is 0 Å². The van der Waals surface area contributed by atoms with Gasteiger partial charge in [0.25, 0.3) is 0 Å². The van der Waals surface area contributed by atoms with Crippen molar-refractivity contribution in [1.29, 1.82) is 0 Å². The molecular weight excluding hydrogens is 548 g/mol. The largest absolute Gasteiger partial charge is 0.508 e. The molecule has 14 heteroatoms. The van der Waals surface area contributed by atoms with Gasteiger partial charge in [0.05, 0.1) is 12.7 Å². The van der Waals surface area contributed by atoms with Gasteiger partial charge in [-0.05, 0) is 30.7 Å². The summed E-state index contributed by atoms with van der Waals surface area (Å²) >= 11 is 0. The molecule has 0 aromatic heterocycles. The molecule has 2 fully saturated rings. The number of allylic oxidation sites excluding steroid dienone is 1. The summed E-state index contributed by atoms with van der Waals surface area (Å²) in [6.45, 7) is 0.942. The van der Waals surface area contributed by atoms with Crippen molar-refractivity contribution in [2.45, 2.75) is 68.3 Å². The van der Waals surface area contributed by atoms with Gasteiger partial charge in [-0.25, -0.2) is 0 Å². The molecular formula is C27H30O14. The predicted octanol–water partition coefficient (Wildman–Crippen LogP) is -1.26. The van der Waals surface area contributed by atoms with Crippen LogP contribution in [0, 0.1) is 0 Å². The minimum atomic E-state index is -1.81. The van der Waals surface area contributed by atoms with E-state index in [-0.39, 0.29) is 34.3 Å². The van der Waals surface area contributed by atoms with Gasteiger partial charge in [-0.3, -0.25) is 4.79 Å². The normalized spacial score (nSPS) is 36.2. The van der Waals surface area contributed by atoms with Crippen LogP contribution >= 0.6 is 0 Å². The van der Waals surface area contributed by atoms with E-state index in [9.17, 15) is 45.6 Å². The minimum Gasteiger partial charge on any atom is -0.508 e. The number of aliphatic hydroxyl groups excluding tert-OH is 6. The molecule has 0 amide bonds. The summed E-state index contributed by atoms with van der Waals surface area (Å²) in [5.41, 5.74) is 0.442. The standard InChI is InChI=1S/C27H30O14/c1-10-19(30)22(33)24(35)26(38-10)37-9-17-21(32)23(34)25(36)27(41-17)40-15-8-13(29)7-14-18(15)20(31)16(39-14)6-11-2-4-12(28)5-3-11/h2-8,10,17,19,21-30,32-36H,9H2,1H3/t10-,17+,19-,21+,22+,23-,24+,25+,26+,27+/m0/s1. The van der Waals surface area contributed by atoms with Crippen molar-refractivity contribution in [3.63, 3.8) is 0 Å². The van der Waals surface area contributed by atoms with Crippen LogP contribution in [0.5, 0.6) is 23.0 Å². The number of carbonyl (C=O) groups is 1. The van der Waals surface area contributed by atoms with Gasteiger partial charge in [-0.2, -0.15) is 0 Å². The quantitative estimate of drug-likeness (QED) is 0.187. The third-order valence-electron chi connectivity index (χ3n) is 7.06. The first kappa shape index (κ1) is 29.2. The van der Waals surface area contributed by atoms with Gasteiger partial charge in [-0.15, -0.1) is 0 Å². The number of carbonyl (C=O) groups excluding carboxylic acids is 1. The molecule has 14 nitrogen and oxygen atoms in total. The molecule has 222 valence electrons. The number of ether oxygens (including phenoxy) is 5. The average molecular weight is 579 g/mol. The Morgan fingerprint density at radius 2 is 1.46 bits per heavy atom. The molecule has 0 spiro atoms. The van der Waals surface area contributed by atoms with Gasteiger partial charge in [0, 0.05) is 12.1 Å². The number of aliphatic hydroxyl groups is 6. The molecule has 3 aliphatic heterocycles. The molecule has 2 aromatic rings. The molecule has 0 bridgehead atoms. The van der Waals surface area contributed by atoms with Crippen LogP contribution in [-0.4, -0.2) is 115 Å². The molecule has 2 saturated heterocycles. The molecule has 5 rings (SSSR count). The van der Waals surface area contributed by atoms with E-state index < -0.39 is 73.8 Å². The zero-order valence-electron chi connectivity index (χ0n) is 21.5. The van der Waals surface area contributed by atoms with Crippen LogP contribution in [0.4, 0.5) is 0 Å². The molecule has 0 radical (unpaired) electrons. The predicted molar refractivity (Wildman–Crippen MR) is 135 cm³/mol. The van der Waals surface area contributed by atoms with E-state index in [0.717, 1.165) is 6.07 Å². The summed E-state index contributed by atoms with van der Waals surface area (Å²) in [7, 11) is 0. The molecule has 0 aliphatic carbocycles. The average Bonchev–Trinajstić information content (AvgIpc) is 3.25. The highest BCUT2D eigenvalue weighted by atomic mass is 16.7. The molecule has 8 N–H and O–H groups in total. The van der Waals surface area contributed by atoms with E-state index in [0.29, 0.717) is 5.56 Å². The van der Waals surface area contributed by atoms with Crippen LogP contribution in [0.15, 0.2) is 42.2 Å². The number of hydrogen-bond acceptors (Lipinski definition) is 14. The third-order valence-corrected chi connectivity index (χ3v) is 7.06. The minimum absolute atomic E-state index is 0.0326. The maximum absolute atomic E-state index is 13.2. The van der Waals surface area contributed by atoms with E-state index in [1.165, 1.54) is 31.2 Å². The van der Waals surface area contributed by atoms with Gasteiger partial charge >= 0.3 is 0 Å². The topological polar surface area (TPSA) is 225 Å². The Morgan fingerprint density at radius 3 is 2.17 bits per heavy atom. The fourth-order valence-corrected chi connectivity index (χ4v) is 4.70. The first-order valence-electron chi connectivity index (χ1n) is 12.7. The van der Waals surface area contributed by atoms with Crippen LogP contribution in [0.2, 0.25) is 0 Å². The summed E-state index contributed by atoms with van der Waals surface area (Å²) in [5.74, 6) is -1.33. The number of aromatic hydroxyl groups is 2. The molecule has 0 unspecified atom stereocenters. The van der Waals surface area contributed by atoms with Gasteiger partial charge in [-0.1, -0.05) is 12.1 Å². The lowest BCUT2D eigenvalue weighted by Crippen LogP contribution is -2.61. The fraction of sp³-hybridized carbons (Fsp3) is 0.444. The number of phenols is 2. The molecule has 41 heavy (non-hydrogen) atoms. The SMILES string of the molecule is C[C@@H]1O[C@@H](OC[C@H]2O[C@@H](Oc3cc(O)cc4c3C(=O)C(=Cc3ccc(O)cc3)O4)[C@H](O)[C@@H](O)[C@@H]2O)[C@H](O)[C@H](O)[C@H]1O. The Bertz CT molecular complexity index is 1300. The van der Waals surface area contributed by atoms with Gasteiger partial charge in [0.1, 0.15) is 71.3 Å². The highest BCUT2D eigenvalue weighted by Gasteiger charge is 2.48. The van der Waals surface area contributed by atoms with Crippen molar-refractivity contribution in [2.75, 3.05) is 6.61 Å². The molecule has 3 heterocycles. The molecule has 3 aliphatic rings. The first-order valence-corrected chi connectivity index (χ1v) is 12.7. The van der Waals surface area contributed by atoms with E-state index in [2.05, 4.69) is 0 Å². The van der Waals surface area contributed by atoms with E-state index in [1.54, 1.807) is 12.1 Å². The number of benzene rings is 2. The van der Waals surface area contributed by atoms with Crippen molar-refractivity contribution >= 4 is 11.9 Å². The number of Topliss-reactive ketones (excluding diaryl/α,β-unsaturated/α-hetero) is 1. The van der Waals surface area contributed by atoms with Gasteiger partial charge < -0.3 is 64.5 Å². The summed E-state index contributed by atoms with van der Waals surface area (Å²) in [6, 6.07) is 8.23. The molecule has 0 saturated carbocycles. The van der Waals surface area contributed by atoms with Crippen molar-refractivity contribution in [3.8, 4) is 23.0 Å². The van der Waals surface area contributed by atoms with Crippen molar-refractivity contribution < 1.29 is 69.3 Å². The zero-order chi connectivity index (χ0) is 29.6. The van der Waals surface area contributed by atoms with Gasteiger partial charge in [0.15, 0.2) is 12.0 Å². The highest BCUT2D eigenvalue weighted by Crippen LogP contribution is 2.42. The lowest BCUT2D eigenvalue weighted by atomic mass is 9.98. The third kappa shape index (κ3) is 5.74. The van der Waals surface area contributed by atoms with E-state index in [1.807, 2.05) is 0 Å². The maximum atomic E-state index is 13.2. The van der Waals surface area contributed by atoms with E-state index >= 15 is 0 Å². The molecule has 2 aromatic carbocycles. The monoisotopic (exact) mass is 578 g/mol. The van der Waals surface area contributed by atoms with E-state index in [4.69, 9.17) is 23.7 Å². The summed E-state index contributed by atoms with van der Waals surface area (Å²) in [4.78, 5) is 13.2. The Kier molecular flexibility index (Phi) is 8.20. The number of rotatable bonds is 6. The van der Waals surface area contributed by atoms with Crippen LogP contribution in [0.25, 0.3) is 6.08 Å². The Labute approximate surface area is 232 Å². The Hall–Kier alpha value is -3.31. The number of fused-ring (bicyclic) bond motifs is 1. The van der Waals surface area contributed by atoms with Crippen LogP contribution < -0.4 is 9.47 Å². The Balaban J connectivity index is 1.33. The second kappa shape index (κ2) is 11.5.